The molecule has 0 amide bonds. The second kappa shape index (κ2) is 6.29. The molecule has 0 saturated heterocycles. The minimum Gasteiger partial charge on any atom is -0.192 e. The Morgan fingerprint density at radius 3 is 1.89 bits per heavy atom. The molecule has 4 heteroatoms. The van der Waals surface area contributed by atoms with Gasteiger partial charge in [0.1, 0.15) is 29.8 Å². The lowest BCUT2D eigenvalue weighted by Gasteiger charge is -1.96. The Bertz CT molecular complexity index is 652. The van der Waals surface area contributed by atoms with Crippen LogP contribution in [-0.2, 0) is 0 Å². The van der Waals surface area contributed by atoms with E-state index in [-0.39, 0.29) is 16.7 Å². The van der Waals surface area contributed by atoms with Crippen LogP contribution < -0.4 is 0 Å². The standard InChI is InChI=1S/C14H6N4/c15-7-12(6-11-4-2-1-3-5-11)14(10-18)13(8-16)9-17/h1-6H. The molecule has 1 aromatic carbocycles. The first-order valence-electron chi connectivity index (χ1n) is 4.88. The number of hydrogen-bond acceptors (Lipinski definition) is 4. The third-order valence-corrected chi connectivity index (χ3v) is 2.09. The summed E-state index contributed by atoms with van der Waals surface area (Å²) < 4.78 is 0. The Kier molecular flexibility index (Phi) is 4.45. The average Bonchev–Trinajstić information content (AvgIpc) is 2.43. The van der Waals surface area contributed by atoms with E-state index in [4.69, 9.17) is 21.0 Å². The Labute approximate surface area is 105 Å². The zero-order chi connectivity index (χ0) is 13.4. The molecular formula is C14H6N4. The zero-order valence-electron chi connectivity index (χ0n) is 9.25. The molecule has 82 valence electrons. The Morgan fingerprint density at radius 2 is 1.44 bits per heavy atom. The van der Waals surface area contributed by atoms with E-state index in [0.29, 0.717) is 0 Å². The van der Waals surface area contributed by atoms with Gasteiger partial charge < -0.3 is 0 Å². The summed E-state index contributed by atoms with van der Waals surface area (Å²) in [7, 11) is 0. The topological polar surface area (TPSA) is 95.2 Å². The SMILES string of the molecule is N#CC(=Cc1ccccc1)C(C#N)=C(C#N)C#N. The van der Waals surface area contributed by atoms with Gasteiger partial charge in [-0.05, 0) is 11.6 Å². The lowest BCUT2D eigenvalue weighted by molar-refractivity contribution is 1.39. The summed E-state index contributed by atoms with van der Waals surface area (Å²) in [4.78, 5) is 0. The van der Waals surface area contributed by atoms with Crippen molar-refractivity contribution in [1.82, 2.24) is 0 Å². The van der Waals surface area contributed by atoms with E-state index < -0.39 is 0 Å². The maximum absolute atomic E-state index is 9.01. The summed E-state index contributed by atoms with van der Waals surface area (Å²) in [5.74, 6) is 0. The molecule has 1 rings (SSSR count). The van der Waals surface area contributed by atoms with Crippen molar-refractivity contribution in [2.24, 2.45) is 0 Å². The molecule has 0 atom stereocenters. The van der Waals surface area contributed by atoms with Crippen molar-refractivity contribution in [2.45, 2.75) is 0 Å². The summed E-state index contributed by atoms with van der Waals surface area (Å²) in [6, 6.07) is 15.7. The molecule has 0 radical (unpaired) electrons. The van der Waals surface area contributed by atoms with Gasteiger partial charge in [-0.3, -0.25) is 0 Å². The van der Waals surface area contributed by atoms with Crippen LogP contribution >= 0.6 is 0 Å². The van der Waals surface area contributed by atoms with Gasteiger partial charge in [-0.2, -0.15) is 21.0 Å². The van der Waals surface area contributed by atoms with Crippen molar-refractivity contribution in [3.63, 3.8) is 0 Å². The molecule has 0 spiro atoms. The highest BCUT2D eigenvalue weighted by Crippen LogP contribution is 2.16. The summed E-state index contributed by atoms with van der Waals surface area (Å²) in [5.41, 5.74) is 0.159. The molecule has 18 heavy (non-hydrogen) atoms. The Morgan fingerprint density at radius 1 is 0.833 bits per heavy atom. The second-order valence-electron chi connectivity index (χ2n) is 3.17. The highest BCUT2D eigenvalue weighted by atomic mass is 14.3. The first-order valence-corrected chi connectivity index (χ1v) is 4.88. The largest absolute Gasteiger partial charge is 0.192 e. The van der Waals surface area contributed by atoms with Crippen molar-refractivity contribution in [2.75, 3.05) is 0 Å². The average molecular weight is 230 g/mol. The van der Waals surface area contributed by atoms with Gasteiger partial charge in [0.25, 0.3) is 0 Å². The van der Waals surface area contributed by atoms with E-state index >= 15 is 0 Å². The fraction of sp³-hybridized carbons (Fsp3) is 0. The predicted octanol–water partition coefficient (Wildman–Crippen LogP) is 2.46. The second-order valence-corrected chi connectivity index (χ2v) is 3.17. The number of rotatable bonds is 2. The van der Waals surface area contributed by atoms with E-state index in [9.17, 15) is 0 Å². The van der Waals surface area contributed by atoms with Crippen LogP contribution in [-0.4, -0.2) is 0 Å². The lowest BCUT2D eigenvalue weighted by atomic mass is 10.0. The zero-order valence-corrected chi connectivity index (χ0v) is 9.25. The molecule has 0 N–H and O–H groups in total. The van der Waals surface area contributed by atoms with Crippen LogP contribution in [0, 0.1) is 45.3 Å². The van der Waals surface area contributed by atoms with Crippen molar-refractivity contribution in [3.05, 3.63) is 52.6 Å². The van der Waals surface area contributed by atoms with Crippen LogP contribution in [0.1, 0.15) is 5.56 Å². The number of nitriles is 4. The molecule has 0 aliphatic carbocycles. The predicted molar refractivity (Wildman–Crippen MR) is 63.9 cm³/mol. The third kappa shape index (κ3) is 2.83. The summed E-state index contributed by atoms with van der Waals surface area (Å²) in [6.45, 7) is 0. The summed E-state index contributed by atoms with van der Waals surface area (Å²) >= 11 is 0. The Balaban J connectivity index is 3.39. The van der Waals surface area contributed by atoms with Crippen LogP contribution in [0.2, 0.25) is 0 Å². The minimum atomic E-state index is -0.360. The van der Waals surface area contributed by atoms with E-state index in [1.165, 1.54) is 6.08 Å². The molecule has 1 aromatic rings. The maximum atomic E-state index is 9.01. The normalized spacial score (nSPS) is 9.22. The van der Waals surface area contributed by atoms with Crippen LogP contribution in [0.3, 0.4) is 0 Å². The first-order chi connectivity index (χ1) is 8.76. The van der Waals surface area contributed by atoms with Gasteiger partial charge in [-0.15, -0.1) is 0 Å². The van der Waals surface area contributed by atoms with Crippen molar-refractivity contribution in [1.29, 1.82) is 21.0 Å². The van der Waals surface area contributed by atoms with Crippen molar-refractivity contribution in [3.8, 4) is 24.3 Å². The molecule has 0 aliphatic heterocycles. The van der Waals surface area contributed by atoms with E-state index in [2.05, 4.69) is 0 Å². The van der Waals surface area contributed by atoms with Crippen LogP contribution in [0.15, 0.2) is 47.1 Å². The molecule has 0 heterocycles. The monoisotopic (exact) mass is 230 g/mol. The van der Waals surface area contributed by atoms with Crippen molar-refractivity contribution >= 4 is 6.08 Å². The van der Waals surface area contributed by atoms with Gasteiger partial charge in [-0.1, -0.05) is 30.3 Å². The molecule has 0 aromatic heterocycles. The minimum absolute atomic E-state index is 0.00167. The molecule has 0 bridgehead atoms. The van der Waals surface area contributed by atoms with E-state index in [0.717, 1.165) is 5.56 Å². The molecular weight excluding hydrogens is 224 g/mol. The van der Waals surface area contributed by atoms with Crippen LogP contribution in [0.25, 0.3) is 6.08 Å². The Hall–Kier alpha value is -3.34. The fourth-order valence-corrected chi connectivity index (χ4v) is 1.26. The molecule has 0 saturated carbocycles. The van der Waals surface area contributed by atoms with E-state index in [1.807, 2.05) is 12.1 Å². The summed E-state index contributed by atoms with van der Waals surface area (Å²) in [5, 5.41) is 35.4. The maximum Gasteiger partial charge on any atom is 0.148 e. The van der Waals surface area contributed by atoms with Gasteiger partial charge in [0, 0.05) is 0 Å². The van der Waals surface area contributed by atoms with Gasteiger partial charge >= 0.3 is 0 Å². The number of hydrogen-bond donors (Lipinski definition) is 0. The molecule has 0 fully saturated rings. The fourth-order valence-electron chi connectivity index (χ4n) is 1.26. The molecule has 4 nitrogen and oxygen atoms in total. The lowest BCUT2D eigenvalue weighted by Crippen LogP contribution is -1.90. The quantitative estimate of drug-likeness (QED) is 0.575. The third-order valence-electron chi connectivity index (χ3n) is 2.09. The number of allylic oxidation sites excluding steroid dienone is 3. The molecule has 0 unspecified atom stereocenters. The summed E-state index contributed by atoms with van der Waals surface area (Å²) in [6.07, 6.45) is 1.47. The van der Waals surface area contributed by atoms with Gasteiger partial charge in [0.15, 0.2) is 0 Å². The smallest absolute Gasteiger partial charge is 0.148 e. The van der Waals surface area contributed by atoms with Gasteiger partial charge in [-0.25, -0.2) is 0 Å². The van der Waals surface area contributed by atoms with Crippen LogP contribution in [0.5, 0.6) is 0 Å². The van der Waals surface area contributed by atoms with Gasteiger partial charge in [0.05, 0.1) is 11.1 Å². The highest BCUT2D eigenvalue weighted by Gasteiger charge is 2.11. The number of benzene rings is 1. The molecule has 0 aliphatic rings. The highest BCUT2D eigenvalue weighted by molar-refractivity contribution is 5.70. The first kappa shape index (κ1) is 12.7. The van der Waals surface area contributed by atoms with Crippen LogP contribution in [0.4, 0.5) is 0 Å². The number of nitrogens with zero attached hydrogens (tertiary/aromatic N) is 4. The van der Waals surface area contributed by atoms with E-state index in [1.54, 1.807) is 42.5 Å². The van der Waals surface area contributed by atoms with Crippen molar-refractivity contribution < 1.29 is 0 Å². The van der Waals surface area contributed by atoms with Gasteiger partial charge in [0.2, 0.25) is 0 Å².